The number of hydrogen-bond donors (Lipinski definition) is 1. The molecule has 1 atom stereocenters. The van der Waals surface area contributed by atoms with Crippen molar-refractivity contribution < 1.29 is 9.53 Å². The number of nitrogens with zero attached hydrogens (tertiary/aromatic N) is 3. The molecule has 1 unspecified atom stereocenters. The molecule has 0 bridgehead atoms. The lowest BCUT2D eigenvalue weighted by Crippen LogP contribution is -2.40. The van der Waals surface area contributed by atoms with Gasteiger partial charge < -0.3 is 15.0 Å². The monoisotopic (exact) mass is 320 g/mol. The molecule has 1 aromatic heterocycles. The summed E-state index contributed by atoms with van der Waals surface area (Å²) in [7, 11) is 0. The molecule has 1 fully saturated rings. The van der Waals surface area contributed by atoms with E-state index >= 15 is 0 Å². The number of carbonyl (C=O) groups excluding carboxylic acids is 1. The fourth-order valence-corrected chi connectivity index (χ4v) is 2.77. The predicted octanol–water partition coefficient (Wildman–Crippen LogP) is 2.86. The summed E-state index contributed by atoms with van der Waals surface area (Å²) in [4.78, 5) is 14.1. The Labute approximate surface area is 138 Å². The van der Waals surface area contributed by atoms with Gasteiger partial charge in [0.15, 0.2) is 0 Å². The van der Waals surface area contributed by atoms with E-state index in [9.17, 15) is 4.79 Å². The third-order valence-electron chi connectivity index (χ3n) is 3.83. The van der Waals surface area contributed by atoms with Gasteiger partial charge in [0.25, 0.3) is 0 Å². The molecule has 6 nitrogen and oxygen atoms in total. The lowest BCUT2D eigenvalue weighted by Gasteiger charge is -2.28. The van der Waals surface area contributed by atoms with Gasteiger partial charge in [-0.25, -0.2) is 9.48 Å². The molecule has 1 aliphatic rings. The molecule has 1 amide bonds. The molecule has 1 N–H and O–H groups in total. The fraction of sp³-hybridized carbons (Fsp3) is 0.647. The van der Waals surface area contributed by atoms with Gasteiger partial charge in [-0.15, -0.1) is 0 Å². The molecular formula is C17H28N4O2. The summed E-state index contributed by atoms with van der Waals surface area (Å²) in [6.07, 6.45) is 8.30. The van der Waals surface area contributed by atoms with Crippen LogP contribution in [0.4, 0.5) is 4.79 Å². The van der Waals surface area contributed by atoms with Crippen LogP contribution in [-0.4, -0.2) is 45.5 Å². The first-order chi connectivity index (χ1) is 10.9. The van der Waals surface area contributed by atoms with Crippen LogP contribution in [0.1, 0.15) is 45.6 Å². The Morgan fingerprint density at radius 2 is 2.35 bits per heavy atom. The van der Waals surface area contributed by atoms with Crippen molar-refractivity contribution >= 4 is 12.3 Å². The van der Waals surface area contributed by atoms with E-state index in [0.717, 1.165) is 44.5 Å². The second-order valence-electron chi connectivity index (χ2n) is 6.95. The summed E-state index contributed by atoms with van der Waals surface area (Å²) in [5, 5.41) is 7.56. The Balaban J connectivity index is 1.73. The van der Waals surface area contributed by atoms with Gasteiger partial charge in [-0.3, -0.25) is 0 Å². The minimum absolute atomic E-state index is 0.188. The van der Waals surface area contributed by atoms with Crippen LogP contribution in [-0.2, 0) is 11.3 Å². The van der Waals surface area contributed by atoms with E-state index in [1.54, 1.807) is 10.9 Å². The average Bonchev–Trinajstić information content (AvgIpc) is 3.10. The van der Waals surface area contributed by atoms with Crippen LogP contribution in [0.5, 0.6) is 0 Å². The van der Waals surface area contributed by atoms with Crippen molar-refractivity contribution in [3.8, 4) is 0 Å². The zero-order chi connectivity index (χ0) is 16.9. The minimum Gasteiger partial charge on any atom is -0.444 e. The minimum atomic E-state index is -0.437. The SMILES string of the molecule is C=Cn1cc(CNCCC2CCCN2C(=O)OC(C)(C)C)cn1. The number of amides is 1. The van der Waals surface area contributed by atoms with Crippen LogP contribution in [0, 0.1) is 0 Å². The van der Waals surface area contributed by atoms with Gasteiger partial charge in [0.1, 0.15) is 5.60 Å². The maximum absolute atomic E-state index is 12.2. The van der Waals surface area contributed by atoms with Crippen molar-refractivity contribution in [3.05, 3.63) is 24.5 Å². The topological polar surface area (TPSA) is 59.4 Å². The predicted molar refractivity (Wildman–Crippen MR) is 90.9 cm³/mol. The Kier molecular flexibility index (Phi) is 5.82. The number of ether oxygens (including phenoxy) is 1. The molecule has 2 heterocycles. The Morgan fingerprint density at radius 1 is 1.57 bits per heavy atom. The summed E-state index contributed by atoms with van der Waals surface area (Å²) in [5.74, 6) is 0. The first-order valence-electron chi connectivity index (χ1n) is 8.25. The molecule has 2 rings (SSSR count). The summed E-state index contributed by atoms with van der Waals surface area (Å²) < 4.78 is 7.18. The first kappa shape index (κ1) is 17.5. The van der Waals surface area contributed by atoms with Gasteiger partial charge in [-0.1, -0.05) is 6.58 Å². The van der Waals surface area contributed by atoms with E-state index in [4.69, 9.17) is 4.74 Å². The molecule has 1 aliphatic heterocycles. The van der Waals surface area contributed by atoms with E-state index in [1.807, 2.05) is 38.1 Å². The summed E-state index contributed by atoms with van der Waals surface area (Å²) in [5.41, 5.74) is 0.689. The molecule has 6 heteroatoms. The molecule has 128 valence electrons. The zero-order valence-corrected chi connectivity index (χ0v) is 14.4. The van der Waals surface area contributed by atoms with Crippen LogP contribution < -0.4 is 5.32 Å². The lowest BCUT2D eigenvalue weighted by molar-refractivity contribution is 0.0220. The van der Waals surface area contributed by atoms with Crippen LogP contribution in [0.3, 0.4) is 0 Å². The van der Waals surface area contributed by atoms with Crippen LogP contribution >= 0.6 is 0 Å². The van der Waals surface area contributed by atoms with E-state index in [0.29, 0.717) is 0 Å². The molecular weight excluding hydrogens is 292 g/mol. The summed E-state index contributed by atoms with van der Waals surface area (Å²) in [6, 6.07) is 0.272. The first-order valence-corrected chi connectivity index (χ1v) is 8.25. The van der Waals surface area contributed by atoms with Gasteiger partial charge in [0.2, 0.25) is 0 Å². The van der Waals surface area contributed by atoms with Crippen molar-refractivity contribution in [3.63, 3.8) is 0 Å². The number of likely N-dealkylation sites (tertiary alicyclic amines) is 1. The van der Waals surface area contributed by atoms with E-state index in [-0.39, 0.29) is 12.1 Å². The zero-order valence-electron chi connectivity index (χ0n) is 14.4. The molecule has 0 aliphatic carbocycles. The fourth-order valence-electron chi connectivity index (χ4n) is 2.77. The number of hydrogen-bond acceptors (Lipinski definition) is 4. The van der Waals surface area contributed by atoms with E-state index < -0.39 is 5.60 Å². The number of aromatic nitrogens is 2. The third kappa shape index (κ3) is 5.39. The van der Waals surface area contributed by atoms with E-state index in [2.05, 4.69) is 17.0 Å². The van der Waals surface area contributed by atoms with Crippen LogP contribution in [0.2, 0.25) is 0 Å². The highest BCUT2D eigenvalue weighted by atomic mass is 16.6. The quantitative estimate of drug-likeness (QED) is 0.819. The second kappa shape index (κ2) is 7.64. The molecule has 0 spiro atoms. The van der Waals surface area contributed by atoms with Crippen molar-refractivity contribution in [1.29, 1.82) is 0 Å². The normalized spacial score (nSPS) is 18.2. The molecule has 1 saturated heterocycles. The maximum Gasteiger partial charge on any atom is 0.410 e. The largest absolute Gasteiger partial charge is 0.444 e. The Bertz CT molecular complexity index is 533. The Morgan fingerprint density at radius 3 is 3.00 bits per heavy atom. The highest BCUT2D eigenvalue weighted by Crippen LogP contribution is 2.22. The van der Waals surface area contributed by atoms with Crippen LogP contribution in [0.25, 0.3) is 6.20 Å². The smallest absolute Gasteiger partial charge is 0.410 e. The van der Waals surface area contributed by atoms with Crippen LogP contribution in [0.15, 0.2) is 19.0 Å². The molecule has 0 saturated carbocycles. The van der Waals surface area contributed by atoms with Crippen molar-refractivity contribution in [2.75, 3.05) is 13.1 Å². The van der Waals surface area contributed by atoms with Gasteiger partial charge >= 0.3 is 6.09 Å². The van der Waals surface area contributed by atoms with Gasteiger partial charge in [0, 0.05) is 37.1 Å². The maximum atomic E-state index is 12.2. The number of carbonyl (C=O) groups is 1. The molecule has 23 heavy (non-hydrogen) atoms. The second-order valence-corrected chi connectivity index (χ2v) is 6.95. The van der Waals surface area contributed by atoms with Crippen molar-refractivity contribution in [2.24, 2.45) is 0 Å². The average molecular weight is 320 g/mol. The highest BCUT2D eigenvalue weighted by Gasteiger charge is 2.31. The molecule has 0 aromatic carbocycles. The highest BCUT2D eigenvalue weighted by molar-refractivity contribution is 5.68. The van der Waals surface area contributed by atoms with Crippen molar-refractivity contribution in [1.82, 2.24) is 20.0 Å². The van der Waals surface area contributed by atoms with Crippen molar-refractivity contribution in [2.45, 2.75) is 58.2 Å². The number of nitrogens with one attached hydrogen (secondary N) is 1. The van der Waals surface area contributed by atoms with Gasteiger partial charge in [-0.2, -0.15) is 5.10 Å². The van der Waals surface area contributed by atoms with E-state index in [1.165, 1.54) is 0 Å². The standard InChI is InChI=1S/C17H28N4O2/c1-5-20-13-14(12-19-20)11-18-9-8-15-7-6-10-21(15)16(22)23-17(2,3)4/h5,12-13,15,18H,1,6-11H2,2-4H3. The Hall–Kier alpha value is -1.82. The summed E-state index contributed by atoms with van der Waals surface area (Å²) >= 11 is 0. The lowest BCUT2D eigenvalue weighted by atomic mass is 10.1. The summed E-state index contributed by atoms with van der Waals surface area (Å²) in [6.45, 7) is 11.8. The van der Waals surface area contributed by atoms with Gasteiger partial charge in [-0.05, 0) is 46.6 Å². The van der Waals surface area contributed by atoms with Gasteiger partial charge in [0.05, 0.1) is 6.20 Å². The molecule has 0 radical (unpaired) electrons. The third-order valence-corrected chi connectivity index (χ3v) is 3.83. The molecule has 1 aromatic rings. The number of rotatable bonds is 6.